The van der Waals surface area contributed by atoms with E-state index in [4.69, 9.17) is 5.11 Å². The van der Waals surface area contributed by atoms with Crippen LogP contribution in [0.4, 0.5) is 0 Å². The molecule has 0 fully saturated rings. The zero-order valence-corrected chi connectivity index (χ0v) is 11.3. The molecule has 18 heavy (non-hydrogen) atoms. The van der Waals surface area contributed by atoms with E-state index < -0.39 is 5.97 Å². The van der Waals surface area contributed by atoms with Crippen molar-refractivity contribution in [3.8, 4) is 0 Å². The Kier molecular flexibility index (Phi) is 2.93. The molecule has 0 radical (unpaired) electrons. The summed E-state index contributed by atoms with van der Waals surface area (Å²) in [5, 5.41) is 10.2. The van der Waals surface area contributed by atoms with Crippen LogP contribution in [-0.4, -0.2) is 15.6 Å². The molecule has 1 aromatic heterocycles. The van der Waals surface area contributed by atoms with Crippen LogP contribution >= 0.6 is 0 Å². The van der Waals surface area contributed by atoms with Crippen LogP contribution in [0.5, 0.6) is 0 Å². The monoisotopic (exact) mass is 245 g/mol. The lowest BCUT2D eigenvalue weighted by Gasteiger charge is -2.23. The molecular weight excluding hydrogens is 226 g/mol. The Balaban J connectivity index is 2.53. The third kappa shape index (κ3) is 2.13. The van der Waals surface area contributed by atoms with Crippen molar-refractivity contribution in [3.63, 3.8) is 0 Å². The van der Waals surface area contributed by atoms with E-state index in [1.54, 1.807) is 0 Å². The molecule has 0 spiro atoms. The molecule has 0 amide bonds. The van der Waals surface area contributed by atoms with Gasteiger partial charge in [0.1, 0.15) is 0 Å². The van der Waals surface area contributed by atoms with Crippen LogP contribution < -0.4 is 0 Å². The summed E-state index contributed by atoms with van der Waals surface area (Å²) >= 11 is 0. The van der Waals surface area contributed by atoms with Gasteiger partial charge in [0.2, 0.25) is 0 Å². The number of carboxylic acid groups (broad SMARTS) is 1. The number of rotatable bonds is 3. The Morgan fingerprint density at radius 2 is 2.06 bits per heavy atom. The van der Waals surface area contributed by atoms with Gasteiger partial charge in [-0.05, 0) is 30.2 Å². The topological polar surface area (TPSA) is 42.2 Å². The van der Waals surface area contributed by atoms with Crippen molar-refractivity contribution in [2.75, 3.05) is 0 Å². The van der Waals surface area contributed by atoms with Gasteiger partial charge in [-0.3, -0.25) is 4.79 Å². The molecule has 3 nitrogen and oxygen atoms in total. The molecule has 0 saturated carbocycles. The fourth-order valence-corrected chi connectivity index (χ4v) is 2.49. The molecular formula is C15H19NO2. The van der Waals surface area contributed by atoms with Crippen LogP contribution in [-0.2, 0) is 17.3 Å². The van der Waals surface area contributed by atoms with Gasteiger partial charge in [-0.2, -0.15) is 0 Å². The van der Waals surface area contributed by atoms with Crippen LogP contribution in [0.1, 0.15) is 31.4 Å². The second-order valence-electron chi connectivity index (χ2n) is 5.61. The maximum atomic E-state index is 10.9. The van der Waals surface area contributed by atoms with Crippen molar-refractivity contribution in [3.05, 3.63) is 35.5 Å². The summed E-state index contributed by atoms with van der Waals surface area (Å²) in [5.41, 5.74) is 3.14. The highest BCUT2D eigenvalue weighted by Crippen LogP contribution is 2.31. The SMILES string of the molecule is Cc1cn(C)c2ccc(C(C)(C)CC(=O)O)cc12. The Morgan fingerprint density at radius 3 is 2.67 bits per heavy atom. The molecule has 3 heteroatoms. The van der Waals surface area contributed by atoms with Crippen LogP contribution in [0.3, 0.4) is 0 Å². The van der Waals surface area contributed by atoms with Gasteiger partial charge in [0.25, 0.3) is 0 Å². The van der Waals surface area contributed by atoms with Crippen LogP contribution in [0, 0.1) is 6.92 Å². The lowest BCUT2D eigenvalue weighted by Crippen LogP contribution is -2.21. The molecule has 0 aliphatic rings. The maximum absolute atomic E-state index is 10.9. The average Bonchev–Trinajstić information content (AvgIpc) is 2.53. The molecule has 0 saturated heterocycles. The molecule has 1 N–H and O–H groups in total. The Morgan fingerprint density at radius 1 is 1.39 bits per heavy atom. The molecule has 1 heterocycles. The summed E-state index contributed by atoms with van der Waals surface area (Å²) in [5.74, 6) is -0.759. The summed E-state index contributed by atoms with van der Waals surface area (Å²) in [7, 11) is 2.03. The highest BCUT2D eigenvalue weighted by atomic mass is 16.4. The Hall–Kier alpha value is -1.77. The van der Waals surface area contributed by atoms with Gasteiger partial charge >= 0.3 is 5.97 Å². The predicted molar refractivity (Wildman–Crippen MR) is 72.9 cm³/mol. The number of carbonyl (C=O) groups is 1. The first kappa shape index (κ1) is 12.7. The fourth-order valence-electron chi connectivity index (χ4n) is 2.49. The van der Waals surface area contributed by atoms with E-state index in [2.05, 4.69) is 29.8 Å². The quantitative estimate of drug-likeness (QED) is 0.902. The molecule has 0 atom stereocenters. The fraction of sp³-hybridized carbons (Fsp3) is 0.400. The van der Waals surface area contributed by atoms with Gasteiger partial charge in [0.15, 0.2) is 0 Å². The number of aliphatic carboxylic acids is 1. The summed E-state index contributed by atoms with van der Waals surface area (Å²) in [6.45, 7) is 6.03. The van der Waals surface area contributed by atoms with Crippen molar-refractivity contribution < 1.29 is 9.90 Å². The standard InChI is InChI=1S/C15H19NO2/c1-10-9-16(4)13-6-5-11(7-12(10)13)15(2,3)8-14(17)18/h5-7,9H,8H2,1-4H3,(H,17,18). The number of nitrogens with zero attached hydrogens (tertiary/aromatic N) is 1. The van der Waals surface area contributed by atoms with Crippen molar-refractivity contribution in [1.29, 1.82) is 0 Å². The minimum atomic E-state index is -0.759. The minimum absolute atomic E-state index is 0.143. The Labute approximate surface area is 107 Å². The van der Waals surface area contributed by atoms with Crippen LogP contribution in [0.25, 0.3) is 10.9 Å². The molecule has 2 rings (SSSR count). The average molecular weight is 245 g/mol. The van der Waals surface area contributed by atoms with E-state index in [0.29, 0.717) is 0 Å². The number of benzene rings is 1. The molecule has 0 aliphatic carbocycles. The van der Waals surface area contributed by atoms with Gasteiger partial charge in [0, 0.05) is 29.6 Å². The highest BCUT2D eigenvalue weighted by molar-refractivity contribution is 5.84. The van der Waals surface area contributed by atoms with Crippen LogP contribution in [0.2, 0.25) is 0 Å². The molecule has 1 aromatic carbocycles. The molecule has 2 aromatic rings. The highest BCUT2D eigenvalue weighted by Gasteiger charge is 2.24. The first-order valence-corrected chi connectivity index (χ1v) is 6.09. The molecule has 0 unspecified atom stereocenters. The van der Waals surface area contributed by atoms with Crippen molar-refractivity contribution in [2.45, 2.75) is 32.6 Å². The molecule has 0 bridgehead atoms. The third-order valence-corrected chi connectivity index (χ3v) is 3.56. The smallest absolute Gasteiger partial charge is 0.304 e. The molecule has 96 valence electrons. The van der Waals surface area contributed by atoms with E-state index in [-0.39, 0.29) is 11.8 Å². The number of aryl methyl sites for hydroxylation is 2. The van der Waals surface area contributed by atoms with Crippen molar-refractivity contribution in [1.82, 2.24) is 4.57 Å². The summed E-state index contributed by atoms with van der Waals surface area (Å²) in [6, 6.07) is 6.22. The number of aromatic nitrogens is 1. The lowest BCUT2D eigenvalue weighted by molar-refractivity contribution is -0.138. The predicted octanol–water partition coefficient (Wildman–Crippen LogP) is 3.24. The normalized spacial score (nSPS) is 12.0. The number of carboxylic acids is 1. The zero-order valence-electron chi connectivity index (χ0n) is 11.3. The third-order valence-electron chi connectivity index (χ3n) is 3.56. The van der Waals surface area contributed by atoms with Gasteiger partial charge in [-0.25, -0.2) is 0 Å². The van der Waals surface area contributed by atoms with Crippen molar-refractivity contribution >= 4 is 16.9 Å². The van der Waals surface area contributed by atoms with E-state index in [9.17, 15) is 4.79 Å². The van der Waals surface area contributed by atoms with Crippen LogP contribution in [0.15, 0.2) is 24.4 Å². The van der Waals surface area contributed by atoms with Crippen molar-refractivity contribution in [2.24, 2.45) is 7.05 Å². The summed E-state index contributed by atoms with van der Waals surface area (Å²) in [6.07, 6.45) is 2.24. The van der Waals surface area contributed by atoms with Gasteiger partial charge in [-0.15, -0.1) is 0 Å². The number of hydrogen-bond donors (Lipinski definition) is 1. The van der Waals surface area contributed by atoms with E-state index in [1.807, 2.05) is 27.0 Å². The second kappa shape index (κ2) is 4.16. The first-order chi connectivity index (χ1) is 8.31. The van der Waals surface area contributed by atoms with Gasteiger partial charge in [-0.1, -0.05) is 19.9 Å². The Bertz CT molecular complexity index is 608. The minimum Gasteiger partial charge on any atom is -0.481 e. The molecule has 0 aliphatic heterocycles. The zero-order chi connectivity index (χ0) is 13.5. The first-order valence-electron chi connectivity index (χ1n) is 6.09. The van der Waals surface area contributed by atoms with E-state index in [1.165, 1.54) is 16.5 Å². The second-order valence-corrected chi connectivity index (χ2v) is 5.61. The lowest BCUT2D eigenvalue weighted by atomic mass is 9.81. The largest absolute Gasteiger partial charge is 0.481 e. The number of hydrogen-bond acceptors (Lipinski definition) is 1. The number of fused-ring (bicyclic) bond motifs is 1. The summed E-state index contributed by atoms with van der Waals surface area (Å²) in [4.78, 5) is 10.9. The van der Waals surface area contributed by atoms with E-state index >= 15 is 0 Å². The van der Waals surface area contributed by atoms with E-state index in [0.717, 1.165) is 5.56 Å². The summed E-state index contributed by atoms with van der Waals surface area (Å²) < 4.78 is 2.10. The van der Waals surface area contributed by atoms with Gasteiger partial charge in [0.05, 0.1) is 6.42 Å². The maximum Gasteiger partial charge on any atom is 0.304 e. The van der Waals surface area contributed by atoms with Gasteiger partial charge < -0.3 is 9.67 Å².